The molecule has 6 nitrogen and oxygen atoms in total. The van der Waals surface area contributed by atoms with Crippen LogP contribution in [-0.2, 0) is 36.0 Å². The van der Waals surface area contributed by atoms with Crippen molar-refractivity contribution in [2.24, 2.45) is 7.05 Å². The Balaban J connectivity index is 0.00000441. The smallest absolute Gasteiger partial charge is 0.194 e. The van der Waals surface area contributed by atoms with E-state index in [1.54, 1.807) is 4.68 Å². The maximum absolute atomic E-state index is 13.9. The lowest BCUT2D eigenvalue weighted by molar-refractivity contribution is -0.959. The van der Waals surface area contributed by atoms with E-state index in [0.717, 1.165) is 60.4 Å². The van der Waals surface area contributed by atoms with Crippen LogP contribution in [-0.4, -0.2) is 49.5 Å². The number of aryl methyl sites for hydroxylation is 4. The minimum atomic E-state index is 0. The van der Waals surface area contributed by atoms with Crippen LogP contribution in [0.15, 0.2) is 53.6 Å². The molecule has 1 fully saturated rings. The summed E-state index contributed by atoms with van der Waals surface area (Å²) >= 11 is 1.29. The van der Waals surface area contributed by atoms with Crippen molar-refractivity contribution in [2.45, 2.75) is 97.0 Å². The Kier molecular flexibility index (Phi) is 11.7. The average molecular weight is 564 g/mol. The summed E-state index contributed by atoms with van der Waals surface area (Å²) in [6, 6.07) is 14.8. The highest BCUT2D eigenvalue weighted by Gasteiger charge is 2.43. The maximum Gasteiger partial charge on any atom is 0.194 e. The lowest BCUT2D eigenvalue weighted by atomic mass is 9.88. The van der Waals surface area contributed by atoms with Gasteiger partial charge in [0.15, 0.2) is 10.9 Å². The third-order valence-electron chi connectivity index (χ3n) is 8.20. The number of nitrogens with zero attached hydrogens (tertiary/aromatic N) is 4. The number of hydrogen-bond acceptors (Lipinski definition) is 5. The van der Waals surface area contributed by atoms with E-state index in [-0.39, 0.29) is 18.6 Å². The van der Waals surface area contributed by atoms with Crippen LogP contribution >= 0.6 is 11.8 Å². The molecule has 2 heterocycles. The molecule has 0 saturated carbocycles. The van der Waals surface area contributed by atoms with E-state index in [1.807, 2.05) is 13.2 Å². The van der Waals surface area contributed by atoms with Crippen molar-refractivity contribution in [1.82, 2.24) is 15.0 Å². The molecule has 0 aliphatic carbocycles. The van der Waals surface area contributed by atoms with E-state index in [2.05, 4.69) is 73.5 Å². The van der Waals surface area contributed by atoms with Crippen molar-refractivity contribution in [3.05, 3.63) is 76.6 Å². The maximum atomic E-state index is 13.9. The number of likely N-dealkylation sites (tertiary alicyclic amines) is 1. The van der Waals surface area contributed by atoms with Gasteiger partial charge in [-0.3, -0.25) is 14.3 Å². The molecule has 2 unspecified atom stereocenters. The van der Waals surface area contributed by atoms with Crippen LogP contribution in [0.1, 0.15) is 80.8 Å². The number of carbonyl (C=O) groups excluding carboxylic acids is 2. The zero-order valence-electron chi connectivity index (χ0n) is 24.0. The van der Waals surface area contributed by atoms with Gasteiger partial charge in [-0.2, -0.15) is 0 Å². The molecular formula is C33H47N4O2S+. The van der Waals surface area contributed by atoms with E-state index in [4.69, 9.17) is 0 Å². The molecule has 0 N–H and O–H groups in total. The zero-order valence-corrected chi connectivity index (χ0v) is 24.8. The lowest BCUT2D eigenvalue weighted by Gasteiger charge is -2.47. The second kappa shape index (κ2) is 14.7. The number of unbranched alkanes of at least 4 members (excludes halogenated alkanes) is 1. The Morgan fingerprint density at radius 1 is 1.07 bits per heavy atom. The third-order valence-corrected chi connectivity index (χ3v) is 9.14. The first-order valence-electron chi connectivity index (χ1n) is 14.4. The number of quaternary nitrogens is 1. The molecule has 4 rings (SSSR count). The zero-order chi connectivity index (χ0) is 27.8. The molecule has 216 valence electrons. The number of ketones is 1. The third kappa shape index (κ3) is 8.14. The van der Waals surface area contributed by atoms with Crippen LogP contribution in [0.25, 0.3) is 0 Å². The largest absolute Gasteiger partial charge is 0.311 e. The summed E-state index contributed by atoms with van der Waals surface area (Å²) in [6.45, 7) is 9.44. The van der Waals surface area contributed by atoms with Crippen LogP contribution < -0.4 is 0 Å². The Bertz CT molecular complexity index is 1250. The molecular weight excluding hydrogens is 516 g/mol. The van der Waals surface area contributed by atoms with Crippen molar-refractivity contribution in [2.75, 3.05) is 13.1 Å². The van der Waals surface area contributed by atoms with E-state index in [9.17, 15) is 9.59 Å². The van der Waals surface area contributed by atoms with Gasteiger partial charge in [0.1, 0.15) is 12.6 Å². The summed E-state index contributed by atoms with van der Waals surface area (Å²) in [5, 5.41) is 8.13. The molecule has 1 saturated heterocycles. The van der Waals surface area contributed by atoms with Gasteiger partial charge in [-0.25, -0.2) is 0 Å². The van der Waals surface area contributed by atoms with Crippen LogP contribution in [0.3, 0.4) is 0 Å². The average Bonchev–Trinajstić information content (AvgIpc) is 3.35. The monoisotopic (exact) mass is 563 g/mol. The first-order valence-corrected chi connectivity index (χ1v) is 15.2. The minimum Gasteiger partial charge on any atom is -0.311 e. The Labute approximate surface area is 245 Å². The molecule has 40 heavy (non-hydrogen) atoms. The van der Waals surface area contributed by atoms with Gasteiger partial charge in [0, 0.05) is 49.4 Å². The molecule has 7 heteroatoms. The summed E-state index contributed by atoms with van der Waals surface area (Å²) in [7, 11) is 1.83. The lowest BCUT2D eigenvalue weighted by Crippen LogP contribution is -2.61. The van der Waals surface area contributed by atoms with Crippen LogP contribution in [0, 0.1) is 13.8 Å². The van der Waals surface area contributed by atoms with Crippen LogP contribution in [0.5, 0.6) is 0 Å². The molecule has 0 bridgehead atoms. The molecule has 3 aromatic rings. The Hall–Kier alpha value is -2.77. The highest BCUT2D eigenvalue weighted by atomic mass is 32.2. The SMILES string of the molecule is C.CCCC[N+]1(Cc2ccc(SC(=O)CCc3cn(C)nn3)cc2)CCCCC1C(=O)Cc1c(C)cccc1C. The van der Waals surface area contributed by atoms with Crippen molar-refractivity contribution in [1.29, 1.82) is 0 Å². The standard InChI is InChI=1S/C32H43N4O2S.CH4/c1-5-6-19-36(20-8-7-12-30(36)31(37)21-29-24(2)10-9-11-25(29)3)23-26-13-16-28(17-14-26)39-32(38)18-15-27-22-35(4)34-33-27;/h9-11,13-14,16-17,22,30H,5-8,12,15,18-21,23H2,1-4H3;1H4/q+1;. The highest BCUT2D eigenvalue weighted by molar-refractivity contribution is 8.13. The van der Waals surface area contributed by atoms with Gasteiger partial charge in [-0.1, -0.05) is 68.1 Å². The highest BCUT2D eigenvalue weighted by Crippen LogP contribution is 2.32. The fourth-order valence-electron chi connectivity index (χ4n) is 6.04. The number of benzene rings is 2. The number of hydrogen-bond donors (Lipinski definition) is 0. The summed E-state index contributed by atoms with van der Waals surface area (Å²) in [4.78, 5) is 27.4. The van der Waals surface area contributed by atoms with Crippen LogP contribution in [0.4, 0.5) is 0 Å². The molecule has 2 atom stereocenters. The molecule has 1 aliphatic heterocycles. The first kappa shape index (κ1) is 31.8. The Morgan fingerprint density at radius 2 is 1.80 bits per heavy atom. The minimum absolute atomic E-state index is 0. The first-order chi connectivity index (χ1) is 18.8. The molecule has 1 aromatic heterocycles. The molecule has 1 aliphatic rings. The predicted octanol–water partition coefficient (Wildman–Crippen LogP) is 6.80. The number of carbonyl (C=O) groups is 2. The van der Waals surface area contributed by atoms with Gasteiger partial charge in [-0.05, 0) is 61.9 Å². The van der Waals surface area contributed by atoms with Gasteiger partial charge in [0.2, 0.25) is 0 Å². The quantitative estimate of drug-likeness (QED) is 0.179. The molecule has 0 amide bonds. The molecule has 2 aromatic carbocycles. The number of thioether (sulfide) groups is 1. The van der Waals surface area contributed by atoms with Gasteiger partial charge >= 0.3 is 0 Å². The van der Waals surface area contributed by atoms with Gasteiger partial charge in [0.25, 0.3) is 0 Å². The summed E-state index contributed by atoms with van der Waals surface area (Å²) in [6.07, 6.45) is 8.95. The number of Topliss-reactive ketones (excluding diaryl/α,β-unsaturated/α-hetero) is 1. The van der Waals surface area contributed by atoms with Crippen LogP contribution in [0.2, 0.25) is 0 Å². The van der Waals surface area contributed by atoms with Gasteiger partial charge in [0.05, 0.1) is 18.8 Å². The van der Waals surface area contributed by atoms with E-state index < -0.39 is 0 Å². The fourth-order valence-corrected chi connectivity index (χ4v) is 6.78. The van der Waals surface area contributed by atoms with E-state index in [1.165, 1.54) is 40.4 Å². The number of aromatic nitrogens is 3. The van der Waals surface area contributed by atoms with Crippen molar-refractivity contribution in [3.8, 4) is 0 Å². The number of piperidine rings is 1. The fraction of sp³-hybridized carbons (Fsp3) is 0.515. The topological polar surface area (TPSA) is 64.8 Å². The van der Waals surface area contributed by atoms with Crippen molar-refractivity contribution >= 4 is 22.7 Å². The van der Waals surface area contributed by atoms with Crippen molar-refractivity contribution in [3.63, 3.8) is 0 Å². The number of rotatable bonds is 12. The summed E-state index contributed by atoms with van der Waals surface area (Å²) in [5.41, 5.74) is 5.71. The second-order valence-corrected chi connectivity index (χ2v) is 12.3. The summed E-state index contributed by atoms with van der Waals surface area (Å²) < 4.78 is 2.52. The molecule has 0 spiro atoms. The summed E-state index contributed by atoms with van der Waals surface area (Å²) in [5.74, 6) is 0.393. The van der Waals surface area contributed by atoms with E-state index in [0.29, 0.717) is 25.0 Å². The van der Waals surface area contributed by atoms with Gasteiger partial charge in [-0.15, -0.1) is 5.10 Å². The predicted molar refractivity (Wildman–Crippen MR) is 164 cm³/mol. The van der Waals surface area contributed by atoms with Crippen molar-refractivity contribution < 1.29 is 14.1 Å². The second-order valence-electron chi connectivity index (χ2n) is 11.2. The Morgan fingerprint density at radius 3 is 2.45 bits per heavy atom. The molecule has 0 radical (unpaired) electrons. The normalized spacial score (nSPS) is 18.8. The van der Waals surface area contributed by atoms with Gasteiger partial charge < -0.3 is 4.48 Å². The van der Waals surface area contributed by atoms with E-state index >= 15 is 0 Å².